The normalized spacial score (nSPS) is 19.0. The predicted octanol–water partition coefficient (Wildman–Crippen LogP) is 0.0528. The van der Waals surface area contributed by atoms with Gasteiger partial charge in [0.1, 0.15) is 0 Å². The quantitative estimate of drug-likeness (QED) is 0.605. The van der Waals surface area contributed by atoms with Gasteiger partial charge in [-0.05, 0) is 0 Å². The van der Waals surface area contributed by atoms with E-state index >= 15 is 0 Å². The molecule has 1 heterocycles. The summed E-state index contributed by atoms with van der Waals surface area (Å²) in [6, 6.07) is 2.09. The van der Waals surface area contributed by atoms with Gasteiger partial charge in [0.25, 0.3) is 0 Å². The molecule has 1 aliphatic heterocycles. The molecule has 0 atom stereocenters. The molecule has 0 aromatic heterocycles. The van der Waals surface area contributed by atoms with Gasteiger partial charge in [-0.2, -0.15) is 5.26 Å². The van der Waals surface area contributed by atoms with Gasteiger partial charge in [-0.25, -0.2) is 0 Å². The van der Waals surface area contributed by atoms with E-state index in [0.717, 1.165) is 13.1 Å². The van der Waals surface area contributed by atoms with E-state index in [-0.39, 0.29) is 11.4 Å². The van der Waals surface area contributed by atoms with Crippen molar-refractivity contribution < 1.29 is 9.53 Å². The van der Waals surface area contributed by atoms with Crippen LogP contribution < -0.4 is 5.32 Å². The van der Waals surface area contributed by atoms with Crippen LogP contribution in [0.4, 0.5) is 0 Å². The molecule has 12 heavy (non-hydrogen) atoms. The van der Waals surface area contributed by atoms with Gasteiger partial charge in [0.05, 0.1) is 19.6 Å². The summed E-state index contributed by atoms with van der Waals surface area (Å²) in [6.07, 6.45) is 0.777. The fraction of sp³-hybridized carbons (Fsp3) is 0.750. The average molecular weight is 168 g/mol. The minimum Gasteiger partial charge on any atom is -0.469 e. The van der Waals surface area contributed by atoms with Crippen molar-refractivity contribution in [3.63, 3.8) is 0 Å². The lowest BCUT2D eigenvalue weighted by atomic mass is 9.76. The Morgan fingerprint density at radius 3 is 2.75 bits per heavy atom. The Bertz CT molecular complexity index is 216. The monoisotopic (exact) mass is 168 g/mol. The Labute approximate surface area is 71.5 Å². The second kappa shape index (κ2) is 3.55. The van der Waals surface area contributed by atoms with Crippen LogP contribution in [0.5, 0.6) is 0 Å². The van der Waals surface area contributed by atoms with Crippen molar-refractivity contribution in [2.24, 2.45) is 5.41 Å². The summed E-state index contributed by atoms with van der Waals surface area (Å²) >= 11 is 0. The zero-order valence-electron chi connectivity index (χ0n) is 7.09. The summed E-state index contributed by atoms with van der Waals surface area (Å²) in [5.41, 5.74) is -0.151. The second-order valence-corrected chi connectivity index (χ2v) is 3.19. The fourth-order valence-corrected chi connectivity index (χ4v) is 1.34. The lowest BCUT2D eigenvalue weighted by molar-refractivity contribution is -0.144. The van der Waals surface area contributed by atoms with Gasteiger partial charge < -0.3 is 10.1 Å². The van der Waals surface area contributed by atoms with Crippen molar-refractivity contribution in [3.8, 4) is 6.07 Å². The van der Waals surface area contributed by atoms with Crippen LogP contribution in [0, 0.1) is 16.7 Å². The molecule has 0 aromatic carbocycles. The lowest BCUT2D eigenvalue weighted by Crippen LogP contribution is -2.54. The predicted molar refractivity (Wildman–Crippen MR) is 42.2 cm³/mol. The number of methoxy groups -OCH3 is 1. The number of esters is 1. The molecule has 0 unspecified atom stereocenters. The molecule has 0 saturated carbocycles. The fourth-order valence-electron chi connectivity index (χ4n) is 1.34. The average Bonchev–Trinajstić information content (AvgIpc) is 2.00. The van der Waals surface area contributed by atoms with E-state index in [4.69, 9.17) is 5.26 Å². The molecule has 4 heteroatoms. The number of hydrogen-bond donors (Lipinski definition) is 1. The first-order valence-corrected chi connectivity index (χ1v) is 3.87. The molecule has 66 valence electrons. The van der Waals surface area contributed by atoms with E-state index in [0.29, 0.717) is 12.8 Å². The number of nitrogens with one attached hydrogen (secondary N) is 1. The van der Waals surface area contributed by atoms with Crippen molar-refractivity contribution in [2.45, 2.75) is 12.8 Å². The third-order valence-electron chi connectivity index (χ3n) is 2.20. The molecule has 1 fully saturated rings. The summed E-state index contributed by atoms with van der Waals surface area (Å²) in [6.45, 7) is 1.49. The molecular formula is C8H12N2O2. The number of hydrogen-bond acceptors (Lipinski definition) is 4. The minimum atomic E-state index is -0.230. The summed E-state index contributed by atoms with van der Waals surface area (Å²) in [5.74, 6) is -0.230. The molecule has 0 radical (unpaired) electrons. The largest absolute Gasteiger partial charge is 0.469 e. The van der Waals surface area contributed by atoms with Crippen molar-refractivity contribution in [2.75, 3.05) is 20.2 Å². The summed E-state index contributed by atoms with van der Waals surface area (Å²) in [4.78, 5) is 10.9. The first kappa shape index (κ1) is 9.01. The topological polar surface area (TPSA) is 62.1 Å². The van der Waals surface area contributed by atoms with Gasteiger partial charge in [0.15, 0.2) is 0 Å². The zero-order valence-corrected chi connectivity index (χ0v) is 7.09. The van der Waals surface area contributed by atoms with Crippen LogP contribution in [-0.4, -0.2) is 26.2 Å². The Balaban J connectivity index is 2.45. The Morgan fingerprint density at radius 2 is 2.42 bits per heavy atom. The highest BCUT2D eigenvalue weighted by Gasteiger charge is 2.39. The number of carbonyl (C=O) groups excluding carboxylic acids is 1. The molecule has 0 bridgehead atoms. The highest BCUT2D eigenvalue weighted by Crippen LogP contribution is 2.30. The Hall–Kier alpha value is -1.08. The van der Waals surface area contributed by atoms with E-state index < -0.39 is 0 Å². The van der Waals surface area contributed by atoms with E-state index in [1.807, 2.05) is 0 Å². The van der Waals surface area contributed by atoms with Crippen LogP contribution in [0.15, 0.2) is 0 Å². The van der Waals surface area contributed by atoms with Crippen molar-refractivity contribution in [3.05, 3.63) is 0 Å². The second-order valence-electron chi connectivity index (χ2n) is 3.19. The standard InChI is InChI=1S/C8H12N2O2/c1-12-7(11)4-8(2-3-9)5-10-6-8/h10H,2,4-6H2,1H3. The third kappa shape index (κ3) is 1.74. The van der Waals surface area contributed by atoms with Crippen molar-refractivity contribution >= 4 is 5.97 Å². The molecule has 0 aliphatic carbocycles. The molecule has 1 saturated heterocycles. The third-order valence-corrected chi connectivity index (χ3v) is 2.20. The zero-order chi connectivity index (χ0) is 9.03. The van der Waals surface area contributed by atoms with Crippen molar-refractivity contribution in [1.29, 1.82) is 5.26 Å². The number of nitrogens with zero attached hydrogens (tertiary/aromatic N) is 1. The molecule has 0 amide bonds. The Kier molecular flexibility index (Phi) is 2.66. The first-order valence-electron chi connectivity index (χ1n) is 3.87. The van der Waals surface area contributed by atoms with Gasteiger partial charge >= 0.3 is 5.97 Å². The van der Waals surface area contributed by atoms with Crippen molar-refractivity contribution in [1.82, 2.24) is 5.32 Å². The Morgan fingerprint density at radius 1 is 1.75 bits per heavy atom. The highest BCUT2D eigenvalue weighted by atomic mass is 16.5. The highest BCUT2D eigenvalue weighted by molar-refractivity contribution is 5.70. The van der Waals surface area contributed by atoms with Gasteiger partial charge in [-0.15, -0.1) is 0 Å². The molecule has 1 N–H and O–H groups in total. The minimum absolute atomic E-state index is 0.151. The number of ether oxygens (including phenoxy) is 1. The van der Waals surface area contributed by atoms with Gasteiger partial charge in [0.2, 0.25) is 0 Å². The van der Waals surface area contributed by atoms with E-state index in [1.54, 1.807) is 0 Å². The van der Waals surface area contributed by atoms with Crippen LogP contribution in [0.3, 0.4) is 0 Å². The van der Waals surface area contributed by atoms with E-state index in [1.165, 1.54) is 7.11 Å². The number of carbonyl (C=O) groups is 1. The maximum Gasteiger partial charge on any atom is 0.306 e. The summed E-state index contributed by atoms with van der Waals surface area (Å²) in [5, 5.41) is 11.6. The SMILES string of the molecule is COC(=O)CC1(CC#N)CNC1. The summed E-state index contributed by atoms with van der Waals surface area (Å²) in [7, 11) is 1.37. The van der Waals surface area contributed by atoms with Gasteiger partial charge in [-0.3, -0.25) is 4.79 Å². The maximum atomic E-state index is 10.9. The van der Waals surface area contributed by atoms with Gasteiger partial charge in [0, 0.05) is 24.9 Å². The molecule has 0 spiro atoms. The van der Waals surface area contributed by atoms with Crippen LogP contribution in [-0.2, 0) is 9.53 Å². The molecular weight excluding hydrogens is 156 g/mol. The lowest BCUT2D eigenvalue weighted by Gasteiger charge is -2.39. The molecule has 0 aromatic rings. The summed E-state index contributed by atoms with van der Waals surface area (Å²) < 4.78 is 4.55. The maximum absolute atomic E-state index is 10.9. The molecule has 1 rings (SSSR count). The number of nitriles is 1. The first-order chi connectivity index (χ1) is 5.72. The number of rotatable bonds is 3. The van der Waals surface area contributed by atoms with Crippen LogP contribution in [0.1, 0.15) is 12.8 Å². The van der Waals surface area contributed by atoms with E-state index in [2.05, 4.69) is 16.1 Å². The van der Waals surface area contributed by atoms with E-state index in [9.17, 15) is 4.79 Å². The van der Waals surface area contributed by atoms with Crippen LogP contribution in [0.2, 0.25) is 0 Å². The molecule has 4 nitrogen and oxygen atoms in total. The smallest absolute Gasteiger partial charge is 0.306 e. The molecule has 1 aliphatic rings. The van der Waals surface area contributed by atoms with Crippen LogP contribution >= 0.6 is 0 Å². The van der Waals surface area contributed by atoms with Gasteiger partial charge in [-0.1, -0.05) is 0 Å². The van der Waals surface area contributed by atoms with Crippen LogP contribution in [0.25, 0.3) is 0 Å².